The molecular formula is C8H9F3N2O3. The molecule has 0 aliphatic carbocycles. The summed E-state index contributed by atoms with van der Waals surface area (Å²) in [5, 5.41) is 5.21. The van der Waals surface area contributed by atoms with E-state index in [4.69, 9.17) is 0 Å². The first-order chi connectivity index (χ1) is 7.22. The Hall–Kier alpha value is -1.73. The molecule has 0 saturated heterocycles. The lowest BCUT2D eigenvalue weighted by molar-refractivity contribution is -0.242. The Balaban J connectivity index is 2.58. The molecule has 1 aromatic heterocycles. The van der Waals surface area contributed by atoms with Crippen LogP contribution in [0.1, 0.15) is 13.8 Å². The number of halogens is 3. The molecular weight excluding hydrogens is 229 g/mol. The van der Waals surface area contributed by atoms with Crippen molar-refractivity contribution in [3.63, 3.8) is 0 Å². The maximum Gasteiger partial charge on any atom is 0.427 e. The van der Waals surface area contributed by atoms with Gasteiger partial charge in [-0.05, 0) is 13.8 Å². The topological polar surface area (TPSA) is 64.4 Å². The normalized spacial score (nSPS) is 12.3. The number of ether oxygens (including phenoxy) is 1. The second-order valence-electron chi connectivity index (χ2n) is 3.40. The van der Waals surface area contributed by atoms with Crippen LogP contribution in [-0.2, 0) is 4.74 Å². The van der Waals surface area contributed by atoms with Crippen LogP contribution < -0.4 is 5.32 Å². The number of amides is 1. The summed E-state index contributed by atoms with van der Waals surface area (Å²) >= 11 is 0. The van der Waals surface area contributed by atoms with Gasteiger partial charge in [-0.2, -0.15) is 13.2 Å². The van der Waals surface area contributed by atoms with Gasteiger partial charge in [0, 0.05) is 6.07 Å². The number of rotatable bonds is 2. The molecule has 0 unspecified atom stereocenters. The van der Waals surface area contributed by atoms with Crippen LogP contribution in [0.15, 0.2) is 16.8 Å². The second-order valence-corrected chi connectivity index (χ2v) is 3.40. The molecule has 1 heterocycles. The fraction of sp³-hybridized carbons (Fsp3) is 0.500. The van der Waals surface area contributed by atoms with Crippen LogP contribution in [0.4, 0.5) is 23.8 Å². The van der Waals surface area contributed by atoms with E-state index in [1.807, 2.05) is 5.32 Å². The summed E-state index contributed by atoms with van der Waals surface area (Å²) in [7, 11) is 0. The summed E-state index contributed by atoms with van der Waals surface area (Å²) in [4.78, 5) is 11.1. The van der Waals surface area contributed by atoms with Crippen molar-refractivity contribution < 1.29 is 27.2 Å². The third-order valence-corrected chi connectivity index (χ3v) is 1.69. The van der Waals surface area contributed by atoms with E-state index >= 15 is 0 Å². The average Bonchev–Trinajstić information content (AvgIpc) is 2.52. The number of nitrogens with zero attached hydrogens (tertiary/aromatic N) is 1. The van der Waals surface area contributed by atoms with E-state index in [1.165, 1.54) is 12.3 Å². The van der Waals surface area contributed by atoms with Crippen molar-refractivity contribution in [1.82, 2.24) is 5.16 Å². The molecule has 0 bridgehead atoms. The Bertz CT molecular complexity index is 359. The van der Waals surface area contributed by atoms with Crippen molar-refractivity contribution in [3.05, 3.63) is 12.3 Å². The minimum atomic E-state index is -4.65. The van der Waals surface area contributed by atoms with E-state index in [0.717, 1.165) is 13.8 Å². The van der Waals surface area contributed by atoms with Crippen molar-refractivity contribution in [2.24, 2.45) is 0 Å². The summed E-state index contributed by atoms with van der Waals surface area (Å²) in [6.45, 7) is 1.49. The number of alkyl halides is 3. The minimum Gasteiger partial charge on any atom is -0.434 e. The maximum absolute atomic E-state index is 12.3. The largest absolute Gasteiger partial charge is 0.434 e. The Morgan fingerprint density at radius 1 is 1.50 bits per heavy atom. The molecule has 8 heteroatoms. The van der Waals surface area contributed by atoms with Gasteiger partial charge in [0.25, 0.3) is 0 Å². The molecule has 1 rings (SSSR count). The van der Waals surface area contributed by atoms with E-state index in [2.05, 4.69) is 14.4 Å². The number of anilines is 1. The standard InChI is InChI=1S/C8H9F3N2O3/c1-7(2,8(9,10)11)15-6(14)13-5-3-4-12-16-5/h3-4H,1-2H3,(H,13,14). The molecule has 0 aliphatic rings. The average molecular weight is 238 g/mol. The highest BCUT2D eigenvalue weighted by Gasteiger charge is 2.51. The highest BCUT2D eigenvalue weighted by molar-refractivity contribution is 5.82. The van der Waals surface area contributed by atoms with Gasteiger partial charge in [-0.1, -0.05) is 5.16 Å². The zero-order valence-electron chi connectivity index (χ0n) is 8.46. The molecule has 1 N–H and O–H groups in total. The summed E-state index contributed by atoms with van der Waals surface area (Å²) < 4.78 is 45.7. The summed E-state index contributed by atoms with van der Waals surface area (Å²) in [6.07, 6.45) is -4.69. The fourth-order valence-corrected chi connectivity index (χ4v) is 0.696. The molecule has 0 atom stereocenters. The SMILES string of the molecule is CC(C)(OC(=O)Nc1ccno1)C(F)(F)F. The third kappa shape index (κ3) is 2.88. The molecule has 1 amide bonds. The first-order valence-corrected chi connectivity index (χ1v) is 4.20. The van der Waals surface area contributed by atoms with E-state index in [1.54, 1.807) is 0 Å². The summed E-state index contributed by atoms with van der Waals surface area (Å²) in [5.74, 6) is -0.0945. The van der Waals surface area contributed by atoms with Crippen molar-refractivity contribution in [3.8, 4) is 0 Å². The molecule has 1 aromatic rings. The van der Waals surface area contributed by atoms with E-state index < -0.39 is 17.9 Å². The van der Waals surface area contributed by atoms with E-state index in [9.17, 15) is 18.0 Å². The van der Waals surface area contributed by atoms with Gasteiger partial charge in [-0.25, -0.2) is 4.79 Å². The number of hydrogen-bond donors (Lipinski definition) is 1. The van der Waals surface area contributed by atoms with E-state index in [0.29, 0.717) is 0 Å². The lowest BCUT2D eigenvalue weighted by Gasteiger charge is -2.27. The lowest BCUT2D eigenvalue weighted by Crippen LogP contribution is -2.44. The molecule has 0 aliphatic heterocycles. The fourth-order valence-electron chi connectivity index (χ4n) is 0.696. The van der Waals surface area contributed by atoms with Gasteiger partial charge < -0.3 is 9.26 Å². The number of nitrogens with one attached hydrogen (secondary N) is 1. The van der Waals surface area contributed by atoms with Crippen LogP contribution in [0.3, 0.4) is 0 Å². The Kier molecular flexibility index (Phi) is 3.11. The zero-order valence-corrected chi connectivity index (χ0v) is 8.46. The number of carbonyl (C=O) groups excluding carboxylic acids is 1. The van der Waals surface area contributed by atoms with Gasteiger partial charge in [-0.15, -0.1) is 0 Å². The van der Waals surface area contributed by atoms with Crippen molar-refractivity contribution in [1.29, 1.82) is 0 Å². The van der Waals surface area contributed by atoms with Crippen LogP contribution in [0, 0.1) is 0 Å². The van der Waals surface area contributed by atoms with Crippen LogP contribution in [0.2, 0.25) is 0 Å². The molecule has 0 fully saturated rings. The highest BCUT2D eigenvalue weighted by Crippen LogP contribution is 2.33. The first kappa shape index (κ1) is 12.3. The molecule has 16 heavy (non-hydrogen) atoms. The molecule has 0 saturated carbocycles. The maximum atomic E-state index is 12.3. The van der Waals surface area contributed by atoms with Crippen LogP contribution in [-0.4, -0.2) is 23.0 Å². The number of carbonyl (C=O) groups is 1. The van der Waals surface area contributed by atoms with Crippen LogP contribution >= 0.6 is 0 Å². The van der Waals surface area contributed by atoms with Gasteiger partial charge >= 0.3 is 12.3 Å². The lowest BCUT2D eigenvalue weighted by atomic mass is 10.1. The summed E-state index contributed by atoms with van der Waals surface area (Å²) in [6, 6.07) is 1.27. The Morgan fingerprint density at radius 3 is 2.56 bits per heavy atom. The van der Waals surface area contributed by atoms with Crippen LogP contribution in [0.25, 0.3) is 0 Å². The third-order valence-electron chi connectivity index (χ3n) is 1.69. The van der Waals surface area contributed by atoms with Crippen molar-refractivity contribution in [2.75, 3.05) is 5.32 Å². The van der Waals surface area contributed by atoms with Crippen molar-refractivity contribution >= 4 is 12.0 Å². The highest BCUT2D eigenvalue weighted by atomic mass is 19.4. The van der Waals surface area contributed by atoms with Gasteiger partial charge in [0.05, 0.1) is 6.20 Å². The molecule has 0 spiro atoms. The smallest absolute Gasteiger partial charge is 0.427 e. The van der Waals surface area contributed by atoms with Gasteiger partial charge in [-0.3, -0.25) is 5.32 Å². The molecule has 90 valence electrons. The summed E-state index contributed by atoms with van der Waals surface area (Å²) in [5.41, 5.74) is -2.57. The van der Waals surface area contributed by atoms with Crippen LogP contribution in [0.5, 0.6) is 0 Å². The molecule has 5 nitrogen and oxygen atoms in total. The predicted octanol–water partition coefficient (Wildman–Crippen LogP) is 2.56. The van der Waals surface area contributed by atoms with Gasteiger partial charge in [0.15, 0.2) is 0 Å². The number of hydrogen-bond acceptors (Lipinski definition) is 4. The van der Waals surface area contributed by atoms with Crippen molar-refractivity contribution in [2.45, 2.75) is 25.6 Å². The molecule has 0 aromatic carbocycles. The number of aromatic nitrogens is 1. The predicted molar refractivity (Wildman–Crippen MR) is 46.7 cm³/mol. The monoisotopic (exact) mass is 238 g/mol. The van der Waals surface area contributed by atoms with Gasteiger partial charge in [0.1, 0.15) is 0 Å². The first-order valence-electron chi connectivity index (χ1n) is 4.20. The van der Waals surface area contributed by atoms with E-state index in [-0.39, 0.29) is 5.88 Å². The quantitative estimate of drug-likeness (QED) is 0.859. The minimum absolute atomic E-state index is 0.0945. The zero-order chi connectivity index (χ0) is 12.4. The van der Waals surface area contributed by atoms with Gasteiger partial charge in [0.2, 0.25) is 11.5 Å². The Morgan fingerprint density at radius 2 is 2.12 bits per heavy atom. The Labute approximate surface area is 88.5 Å². The second kappa shape index (κ2) is 4.03. The molecule has 0 radical (unpaired) electrons.